The minimum Gasteiger partial charge on any atom is -0.870 e. The minimum atomic E-state index is -1.06. The molecule has 0 aromatic rings. The first kappa shape index (κ1) is 65.6. The number of rotatable bonds is 5. The van der Waals surface area contributed by atoms with Crippen LogP contribution in [0.4, 0.5) is 14.4 Å². The molecular weight excluding hydrogens is 1290 g/mol. The van der Waals surface area contributed by atoms with Crippen LogP contribution in [-0.2, 0) is 28.5 Å². The molecule has 268 valence electrons. The molecule has 1 amide bonds. The minimum absolute atomic E-state index is 0. The van der Waals surface area contributed by atoms with Crippen LogP contribution in [0.3, 0.4) is 0 Å². The molecule has 0 spiro atoms. The summed E-state index contributed by atoms with van der Waals surface area (Å²) in [6, 6.07) is 0. The SMILES string of the molecule is CC(C)(C)OC(=O)NCCC(=O)O.CC(C)(C)OC(=O)OC(=O)OC(C)(C)C.CI.IC(I)I.ICI.NCCC(=O)O.[Na+].[OH-]. The van der Waals surface area contributed by atoms with Crippen LogP contribution in [0.1, 0.15) is 75.2 Å². The fourth-order valence-corrected chi connectivity index (χ4v) is 1.32. The predicted molar refractivity (Wildman–Crippen MR) is 222 cm³/mol. The molecule has 0 aromatic carbocycles. The molecule has 0 atom stereocenters. The number of hydrogen-bond donors (Lipinski definition) is 4. The van der Waals surface area contributed by atoms with Crippen molar-refractivity contribution in [2.24, 2.45) is 5.73 Å². The van der Waals surface area contributed by atoms with E-state index in [1.807, 2.05) is 4.93 Å². The monoisotopic (exact) mass is 1340 g/mol. The molecule has 0 aliphatic carbocycles. The quantitative estimate of drug-likeness (QED) is 0.0662. The Morgan fingerprint density at radius 1 is 0.711 bits per heavy atom. The van der Waals surface area contributed by atoms with Crippen LogP contribution in [0.15, 0.2) is 0 Å². The van der Waals surface area contributed by atoms with E-state index in [1.54, 1.807) is 62.3 Å². The van der Waals surface area contributed by atoms with E-state index in [1.165, 1.54) is 2.43 Å². The zero-order valence-electron chi connectivity index (χ0n) is 27.5. The summed E-state index contributed by atoms with van der Waals surface area (Å²) in [5, 5.41) is 18.4. The average molecular weight is 1340 g/mol. The number of carbonyl (C=O) groups is 5. The number of nitrogens with one attached hydrogen (secondary N) is 1. The number of aliphatic carboxylic acids is 2. The van der Waals surface area contributed by atoms with Crippen LogP contribution < -0.4 is 40.6 Å². The first-order valence-corrected chi connectivity index (χ1v) is 20.8. The molecule has 21 heteroatoms. The fourth-order valence-electron chi connectivity index (χ4n) is 1.32. The molecule has 0 unspecified atom stereocenters. The Labute approximate surface area is 371 Å². The van der Waals surface area contributed by atoms with Gasteiger partial charge in [-0.1, -0.05) is 136 Å². The molecule has 14 nitrogen and oxygen atoms in total. The van der Waals surface area contributed by atoms with Gasteiger partial charge in [0.05, 0.1) is 15.3 Å². The van der Waals surface area contributed by atoms with Gasteiger partial charge in [0, 0.05) is 13.1 Å². The second-order valence-corrected chi connectivity index (χ2v) is 25.2. The average Bonchev–Trinajstić information content (AvgIpc) is 2.71. The molecule has 0 aliphatic heterocycles. The van der Waals surface area contributed by atoms with E-state index in [-0.39, 0.29) is 61.0 Å². The third-order valence-corrected chi connectivity index (χ3v) is 2.31. The molecule has 0 aromatic heterocycles. The van der Waals surface area contributed by atoms with Gasteiger partial charge >= 0.3 is 59.9 Å². The molecule has 0 saturated carbocycles. The van der Waals surface area contributed by atoms with E-state index in [2.05, 4.69) is 146 Å². The van der Waals surface area contributed by atoms with Crippen molar-refractivity contribution in [2.45, 2.75) is 91.9 Å². The molecule has 0 fully saturated rings. The number of alkyl halides is 6. The molecule has 0 rings (SSSR count). The Balaban J connectivity index is -0.0000000687. The van der Waals surface area contributed by atoms with Crippen molar-refractivity contribution in [1.29, 1.82) is 0 Å². The van der Waals surface area contributed by atoms with E-state index >= 15 is 0 Å². The maximum absolute atomic E-state index is 11.0. The van der Waals surface area contributed by atoms with Crippen molar-refractivity contribution < 1.29 is 88.2 Å². The summed E-state index contributed by atoms with van der Waals surface area (Å²) >= 11 is 13.6. The fraction of sp³-hybridized carbons (Fsp3) is 0.792. The smallest absolute Gasteiger partial charge is 0.870 e. The third-order valence-electron chi connectivity index (χ3n) is 2.31. The van der Waals surface area contributed by atoms with E-state index in [4.69, 9.17) is 30.2 Å². The van der Waals surface area contributed by atoms with E-state index in [9.17, 15) is 24.0 Å². The summed E-state index contributed by atoms with van der Waals surface area (Å²) < 4.78 is 20.6. The van der Waals surface area contributed by atoms with Crippen LogP contribution in [0.5, 0.6) is 0 Å². The van der Waals surface area contributed by atoms with Crippen molar-refractivity contribution in [2.75, 3.05) is 20.5 Å². The molecule has 0 bridgehead atoms. The van der Waals surface area contributed by atoms with Gasteiger partial charge in [0.1, 0.15) is 16.7 Å². The summed E-state index contributed by atoms with van der Waals surface area (Å²) in [5.41, 5.74) is 2.91. The number of halogens is 6. The number of amides is 1. The maximum atomic E-state index is 11.0. The van der Waals surface area contributed by atoms with Crippen molar-refractivity contribution in [1.82, 2.24) is 5.32 Å². The molecule has 6 N–H and O–H groups in total. The van der Waals surface area contributed by atoms with Crippen molar-refractivity contribution in [3.8, 4) is 0 Å². The largest absolute Gasteiger partial charge is 1.00 e. The number of alkyl carbamates (subject to hydrolysis) is 1. The summed E-state index contributed by atoms with van der Waals surface area (Å²) in [5.74, 6) is -1.78. The van der Waals surface area contributed by atoms with Gasteiger partial charge in [0.2, 0.25) is 0 Å². The number of ether oxygens (including phenoxy) is 4. The zero-order chi connectivity index (χ0) is 36.0. The van der Waals surface area contributed by atoms with Gasteiger partial charge in [-0.05, 0) is 67.2 Å². The van der Waals surface area contributed by atoms with Crippen LogP contribution in [0.2, 0.25) is 0 Å². The zero-order valence-corrected chi connectivity index (χ0v) is 42.4. The summed E-state index contributed by atoms with van der Waals surface area (Å²) in [6.45, 7) is 15.6. The van der Waals surface area contributed by atoms with Crippen LogP contribution in [0, 0.1) is 0 Å². The number of carboxylic acid groups (broad SMARTS) is 2. The first-order valence-electron chi connectivity index (χ1n) is 11.9. The predicted octanol–water partition coefficient (Wildman–Crippen LogP) is 5.55. The Kier molecular flexibility index (Phi) is 59.3. The van der Waals surface area contributed by atoms with Gasteiger partial charge in [-0.3, -0.25) is 9.59 Å². The number of carbonyl (C=O) groups excluding carboxylic acids is 3. The standard InChI is InChI=1S/C10H18O5.C8H15NO4.C3H7NO2.CHI3.CH2I2.CH3I.Na.H2O/c1-9(2,3)14-7(11)13-8(12)15-10(4,5)6;1-8(2,3)13-7(12)9-5-4-6(10)11;4-2-1-3(5)6;2-1(3)4;2-1-3;1-2;;/h1-6H3;4-5H2,1-3H3,(H,9,12)(H,10,11);1-2,4H2,(H,5,6);1H;1H2;1H3;;1H2/q;;;;;;+1;/p-1. The molecular formula is C24H47I6N2NaO12. The topological polar surface area (TPSA) is 231 Å². The second kappa shape index (κ2) is 40.7. The van der Waals surface area contributed by atoms with E-state index < -0.39 is 47.1 Å². The molecule has 0 aliphatic rings. The van der Waals surface area contributed by atoms with Gasteiger partial charge in [0.25, 0.3) is 0 Å². The maximum Gasteiger partial charge on any atom is 1.00 e. The van der Waals surface area contributed by atoms with Gasteiger partial charge in [-0.15, -0.1) is 0 Å². The normalized spacial score (nSPS) is 9.47. The first-order chi connectivity index (χ1) is 19.2. The summed E-state index contributed by atoms with van der Waals surface area (Å²) in [4.78, 5) is 54.5. The van der Waals surface area contributed by atoms with Gasteiger partial charge < -0.3 is 45.7 Å². The Morgan fingerprint density at radius 3 is 1.16 bits per heavy atom. The number of carboxylic acids is 2. The summed E-state index contributed by atoms with van der Waals surface area (Å²) in [6.07, 6.45) is -2.73. The van der Waals surface area contributed by atoms with Gasteiger partial charge in [0.15, 0.2) is 0 Å². The Morgan fingerprint density at radius 2 is 0.978 bits per heavy atom. The number of nitrogens with two attached hydrogens (primary N) is 1. The molecule has 0 saturated heterocycles. The van der Waals surface area contributed by atoms with E-state index in [0.29, 0.717) is 0 Å². The van der Waals surface area contributed by atoms with Gasteiger partial charge in [-0.2, -0.15) is 0 Å². The van der Waals surface area contributed by atoms with Gasteiger partial charge in [-0.25, -0.2) is 14.4 Å². The summed E-state index contributed by atoms with van der Waals surface area (Å²) in [7, 11) is 0. The molecule has 0 heterocycles. The van der Waals surface area contributed by atoms with E-state index in [0.717, 1.165) is -0.0619 Å². The number of hydrogen-bond acceptors (Lipinski definition) is 11. The molecule has 0 radical (unpaired) electrons. The van der Waals surface area contributed by atoms with Crippen molar-refractivity contribution in [3.05, 3.63) is 0 Å². The van der Waals surface area contributed by atoms with Crippen molar-refractivity contribution >= 4 is 166 Å². The second-order valence-electron chi connectivity index (χ2n) is 9.88. The Bertz CT molecular complexity index is 721. The van der Waals surface area contributed by atoms with Crippen molar-refractivity contribution in [3.63, 3.8) is 0 Å². The van der Waals surface area contributed by atoms with Crippen LogP contribution >= 0.6 is 136 Å². The Hall–Kier alpha value is 2.25. The van der Waals surface area contributed by atoms with Crippen LogP contribution in [0.25, 0.3) is 0 Å². The molecule has 45 heavy (non-hydrogen) atoms. The van der Waals surface area contributed by atoms with Crippen LogP contribution in [-0.4, -0.2) is 83.2 Å². The third kappa shape index (κ3) is 99.0.